The molecule has 0 fully saturated rings. The van der Waals surface area contributed by atoms with E-state index in [0.717, 1.165) is 0 Å². The van der Waals surface area contributed by atoms with E-state index in [2.05, 4.69) is 9.82 Å². The molecule has 0 unspecified atom stereocenters. The minimum absolute atomic E-state index is 0.0296. The van der Waals surface area contributed by atoms with Gasteiger partial charge in [-0.05, 0) is 30.3 Å². The molecule has 10 heteroatoms. The molecule has 9 nitrogen and oxygen atoms in total. The number of hydrogen-bond donors (Lipinski definition) is 2. The van der Waals surface area contributed by atoms with Gasteiger partial charge in [0.25, 0.3) is 15.7 Å². The van der Waals surface area contributed by atoms with Crippen LogP contribution in [0.3, 0.4) is 0 Å². The number of nitrogens with two attached hydrogens (primary N) is 1. The Balaban J connectivity index is 1.90. The molecular formula is C15H13N5O4S. The average molecular weight is 359 g/mol. The molecule has 0 atom stereocenters. The average Bonchev–Trinajstić information content (AvgIpc) is 3.03. The lowest BCUT2D eigenvalue weighted by Crippen LogP contribution is -2.13. The zero-order chi connectivity index (χ0) is 18.0. The third-order valence-electron chi connectivity index (χ3n) is 3.34. The highest BCUT2D eigenvalue weighted by Gasteiger charge is 2.18. The Kier molecular flexibility index (Phi) is 4.11. The Labute approximate surface area is 142 Å². The molecule has 25 heavy (non-hydrogen) atoms. The molecule has 3 aromatic rings. The van der Waals surface area contributed by atoms with Crippen molar-refractivity contribution >= 4 is 27.2 Å². The fourth-order valence-electron chi connectivity index (χ4n) is 2.17. The predicted octanol–water partition coefficient (Wildman–Crippen LogP) is 2.16. The summed E-state index contributed by atoms with van der Waals surface area (Å²) in [5.74, 6) is 0.0370. The highest BCUT2D eigenvalue weighted by molar-refractivity contribution is 7.92. The number of rotatable bonds is 5. The van der Waals surface area contributed by atoms with Crippen LogP contribution in [0, 0.1) is 10.1 Å². The van der Waals surface area contributed by atoms with Gasteiger partial charge >= 0.3 is 0 Å². The van der Waals surface area contributed by atoms with Crippen LogP contribution in [0.4, 0.5) is 17.2 Å². The second-order valence-electron chi connectivity index (χ2n) is 5.07. The van der Waals surface area contributed by atoms with Crippen molar-refractivity contribution in [3.05, 3.63) is 70.9 Å². The van der Waals surface area contributed by atoms with Gasteiger partial charge in [-0.3, -0.25) is 14.8 Å². The summed E-state index contributed by atoms with van der Waals surface area (Å²) in [6.45, 7) is 0. The summed E-state index contributed by atoms with van der Waals surface area (Å²) in [7, 11) is -3.84. The molecule has 0 bridgehead atoms. The van der Waals surface area contributed by atoms with E-state index in [4.69, 9.17) is 5.73 Å². The molecule has 2 aromatic carbocycles. The number of nitro benzene ring substituents is 1. The normalized spacial score (nSPS) is 11.2. The number of nitrogen functional groups attached to an aromatic ring is 1. The van der Waals surface area contributed by atoms with E-state index in [9.17, 15) is 18.5 Å². The van der Waals surface area contributed by atoms with Crippen molar-refractivity contribution in [3.63, 3.8) is 0 Å². The first-order valence-electron chi connectivity index (χ1n) is 7.05. The van der Waals surface area contributed by atoms with Crippen molar-refractivity contribution in [3.8, 4) is 5.69 Å². The van der Waals surface area contributed by atoms with Crippen LogP contribution in [-0.2, 0) is 10.0 Å². The first-order valence-corrected chi connectivity index (χ1v) is 8.53. The monoisotopic (exact) mass is 359 g/mol. The van der Waals surface area contributed by atoms with Gasteiger partial charge in [0, 0.05) is 24.0 Å². The smallest absolute Gasteiger partial charge is 0.294 e. The second-order valence-corrected chi connectivity index (χ2v) is 6.75. The summed E-state index contributed by atoms with van der Waals surface area (Å²) in [5, 5.41) is 15.1. The van der Waals surface area contributed by atoms with Gasteiger partial charge in [-0.25, -0.2) is 13.1 Å². The maximum absolute atomic E-state index is 12.3. The SMILES string of the molecule is Nc1ccc(S(=O)(=O)Nc2ccn(-c3ccccc3[N+](=O)[O-])n2)cc1. The van der Waals surface area contributed by atoms with Crippen LogP contribution < -0.4 is 10.5 Å². The van der Waals surface area contributed by atoms with E-state index in [0.29, 0.717) is 5.69 Å². The lowest BCUT2D eigenvalue weighted by Gasteiger charge is -2.06. The van der Waals surface area contributed by atoms with Gasteiger partial charge in [-0.15, -0.1) is 5.10 Å². The van der Waals surface area contributed by atoms with Crippen LogP contribution in [-0.4, -0.2) is 23.1 Å². The fraction of sp³-hybridized carbons (Fsp3) is 0. The number of nitrogens with zero attached hydrogens (tertiary/aromatic N) is 3. The molecular weight excluding hydrogens is 346 g/mol. The van der Waals surface area contributed by atoms with Gasteiger partial charge < -0.3 is 5.73 Å². The third kappa shape index (κ3) is 3.43. The number of para-hydroxylation sites is 2. The van der Waals surface area contributed by atoms with Crippen molar-refractivity contribution in [2.45, 2.75) is 4.90 Å². The maximum Gasteiger partial charge on any atom is 0.294 e. The van der Waals surface area contributed by atoms with Gasteiger partial charge in [0.15, 0.2) is 5.82 Å². The van der Waals surface area contributed by atoms with Crippen molar-refractivity contribution in [2.24, 2.45) is 0 Å². The largest absolute Gasteiger partial charge is 0.399 e. The summed E-state index contributed by atoms with van der Waals surface area (Å²) in [5.41, 5.74) is 6.07. The number of sulfonamides is 1. The molecule has 3 N–H and O–H groups in total. The number of nitro groups is 1. The van der Waals surface area contributed by atoms with Crippen LogP contribution in [0.5, 0.6) is 0 Å². The summed E-state index contributed by atoms with van der Waals surface area (Å²) < 4.78 is 28.2. The molecule has 3 rings (SSSR count). The first kappa shape index (κ1) is 16.5. The van der Waals surface area contributed by atoms with E-state index in [1.54, 1.807) is 6.07 Å². The van der Waals surface area contributed by atoms with Crippen LogP contribution in [0.25, 0.3) is 5.69 Å². The quantitative estimate of drug-likeness (QED) is 0.407. The molecule has 0 aliphatic rings. The molecule has 1 heterocycles. The molecule has 0 aliphatic heterocycles. The molecule has 128 valence electrons. The van der Waals surface area contributed by atoms with Crippen molar-refractivity contribution in [2.75, 3.05) is 10.5 Å². The van der Waals surface area contributed by atoms with Crippen molar-refractivity contribution in [1.82, 2.24) is 9.78 Å². The number of aromatic nitrogens is 2. The van der Waals surface area contributed by atoms with E-state index in [-0.39, 0.29) is 22.1 Å². The minimum atomic E-state index is -3.84. The lowest BCUT2D eigenvalue weighted by atomic mass is 10.3. The van der Waals surface area contributed by atoms with E-state index in [1.807, 2.05) is 0 Å². The van der Waals surface area contributed by atoms with Crippen LogP contribution >= 0.6 is 0 Å². The highest BCUT2D eigenvalue weighted by atomic mass is 32.2. The number of nitrogens with one attached hydrogen (secondary N) is 1. The summed E-state index contributed by atoms with van der Waals surface area (Å²) in [4.78, 5) is 10.6. The number of anilines is 2. The Morgan fingerprint density at radius 1 is 1.08 bits per heavy atom. The van der Waals surface area contributed by atoms with Crippen LogP contribution in [0.15, 0.2) is 65.7 Å². The zero-order valence-corrected chi connectivity index (χ0v) is 13.6. The topological polar surface area (TPSA) is 133 Å². The molecule has 0 spiro atoms. The highest BCUT2D eigenvalue weighted by Crippen LogP contribution is 2.23. The fourth-order valence-corrected chi connectivity index (χ4v) is 3.16. The minimum Gasteiger partial charge on any atom is -0.399 e. The summed E-state index contributed by atoms with van der Waals surface area (Å²) >= 11 is 0. The van der Waals surface area contributed by atoms with Gasteiger partial charge in [0.1, 0.15) is 5.69 Å². The van der Waals surface area contributed by atoms with Gasteiger partial charge in [-0.2, -0.15) is 0 Å². The molecule has 0 radical (unpaired) electrons. The number of hydrogen-bond acceptors (Lipinski definition) is 6. The zero-order valence-electron chi connectivity index (χ0n) is 12.7. The molecule has 0 aliphatic carbocycles. The Hall–Kier alpha value is -3.40. The molecule has 0 saturated heterocycles. The Morgan fingerprint density at radius 2 is 1.76 bits per heavy atom. The van der Waals surface area contributed by atoms with E-state index in [1.165, 1.54) is 59.4 Å². The van der Waals surface area contributed by atoms with Crippen LogP contribution in [0.1, 0.15) is 0 Å². The summed E-state index contributed by atoms with van der Waals surface area (Å²) in [6.07, 6.45) is 1.43. The molecule has 0 amide bonds. The van der Waals surface area contributed by atoms with Crippen molar-refractivity contribution < 1.29 is 13.3 Å². The van der Waals surface area contributed by atoms with Gasteiger partial charge in [0.2, 0.25) is 0 Å². The number of benzene rings is 2. The maximum atomic E-state index is 12.3. The first-order chi connectivity index (χ1) is 11.9. The molecule has 1 aromatic heterocycles. The van der Waals surface area contributed by atoms with E-state index < -0.39 is 14.9 Å². The van der Waals surface area contributed by atoms with E-state index >= 15 is 0 Å². The Morgan fingerprint density at radius 3 is 2.44 bits per heavy atom. The third-order valence-corrected chi connectivity index (χ3v) is 4.71. The summed E-state index contributed by atoms with van der Waals surface area (Å²) in [6, 6.07) is 13.1. The molecule has 0 saturated carbocycles. The van der Waals surface area contributed by atoms with Crippen molar-refractivity contribution in [1.29, 1.82) is 0 Å². The Bertz CT molecular complexity index is 1030. The van der Waals surface area contributed by atoms with Crippen LogP contribution in [0.2, 0.25) is 0 Å². The second kappa shape index (κ2) is 6.24. The standard InChI is InChI=1S/C15H13N5O4S/c16-11-5-7-12(8-6-11)25(23,24)18-15-9-10-19(17-15)13-3-1-2-4-14(13)20(21)22/h1-10H,16H2,(H,17,18). The van der Waals surface area contributed by atoms with Gasteiger partial charge in [0.05, 0.1) is 9.82 Å². The lowest BCUT2D eigenvalue weighted by molar-refractivity contribution is -0.384. The predicted molar refractivity (Wildman–Crippen MR) is 91.9 cm³/mol. The van der Waals surface area contributed by atoms with Gasteiger partial charge in [-0.1, -0.05) is 12.1 Å².